The van der Waals surface area contributed by atoms with E-state index in [9.17, 15) is 10.4 Å². The van der Waals surface area contributed by atoms with Crippen LogP contribution in [0.4, 0.5) is 0 Å². The van der Waals surface area contributed by atoms with Crippen molar-refractivity contribution in [3.8, 4) is 6.07 Å². The summed E-state index contributed by atoms with van der Waals surface area (Å²) in [5, 5.41) is 20.5. The lowest BCUT2D eigenvalue weighted by Crippen LogP contribution is -2.36. The van der Waals surface area contributed by atoms with Crippen molar-refractivity contribution < 1.29 is 9.84 Å². The molecule has 5 heteroatoms. The molecule has 1 fully saturated rings. The fourth-order valence-corrected chi connectivity index (χ4v) is 2.62. The lowest BCUT2D eigenvalue weighted by molar-refractivity contribution is -0.0505. The summed E-state index contributed by atoms with van der Waals surface area (Å²) in [5.74, 6) is 0. The highest BCUT2D eigenvalue weighted by Crippen LogP contribution is 2.43. The van der Waals surface area contributed by atoms with Crippen LogP contribution in [-0.2, 0) is 4.74 Å². The molecular weight excluding hydrogens is 273 g/mol. The van der Waals surface area contributed by atoms with Crippen LogP contribution in [0.5, 0.6) is 0 Å². The second kappa shape index (κ2) is 5.46. The summed E-state index contributed by atoms with van der Waals surface area (Å²) in [6.07, 6.45) is 0.352. The van der Waals surface area contributed by atoms with Gasteiger partial charge in [0.2, 0.25) is 0 Å². The first-order valence-electron chi connectivity index (χ1n) is 5.72. The number of hydrogen-bond donors (Lipinski definition) is 1. The van der Waals surface area contributed by atoms with Gasteiger partial charge in [0, 0.05) is 12.2 Å². The Balaban J connectivity index is 2.37. The highest BCUT2D eigenvalue weighted by Gasteiger charge is 2.42. The van der Waals surface area contributed by atoms with Gasteiger partial charge in [-0.15, -0.1) is 0 Å². The molecule has 1 aromatic rings. The average Bonchev–Trinajstić information content (AvgIpc) is 2.42. The molecule has 0 aliphatic carbocycles. The first kappa shape index (κ1) is 13.6. The smallest absolute Gasteiger partial charge is 0.111 e. The van der Waals surface area contributed by atoms with E-state index in [0.717, 1.165) is 6.42 Å². The average molecular weight is 286 g/mol. The molecule has 96 valence electrons. The summed E-state index contributed by atoms with van der Waals surface area (Å²) in [6.45, 7) is 0.840. The number of nitrogens with zero attached hydrogens (tertiary/aromatic N) is 1. The zero-order valence-corrected chi connectivity index (χ0v) is 11.2. The maximum atomic E-state index is 10.5. The molecule has 1 N–H and O–H groups in total. The Labute approximate surface area is 116 Å². The van der Waals surface area contributed by atoms with Gasteiger partial charge in [-0.1, -0.05) is 35.3 Å². The predicted molar refractivity (Wildman–Crippen MR) is 69.5 cm³/mol. The van der Waals surface area contributed by atoms with Crippen LogP contribution >= 0.6 is 23.2 Å². The van der Waals surface area contributed by atoms with Crippen molar-refractivity contribution in [2.75, 3.05) is 13.2 Å². The Hall–Kier alpha value is -0.790. The van der Waals surface area contributed by atoms with Crippen LogP contribution in [0.3, 0.4) is 0 Å². The molecule has 2 rings (SSSR count). The van der Waals surface area contributed by atoms with Gasteiger partial charge in [-0.25, -0.2) is 0 Å². The summed E-state index contributed by atoms with van der Waals surface area (Å²) >= 11 is 12.0. The van der Waals surface area contributed by atoms with Crippen LogP contribution in [0.15, 0.2) is 18.2 Å². The van der Waals surface area contributed by atoms with E-state index < -0.39 is 11.5 Å². The van der Waals surface area contributed by atoms with Crippen molar-refractivity contribution in [3.63, 3.8) is 0 Å². The monoisotopic (exact) mass is 285 g/mol. The van der Waals surface area contributed by atoms with Crippen molar-refractivity contribution in [2.45, 2.75) is 18.9 Å². The number of rotatable bonds is 2. The second-order valence-corrected chi connectivity index (χ2v) is 5.25. The molecule has 1 aromatic carbocycles. The molecular formula is C13H13Cl2NO2. The lowest BCUT2D eigenvalue weighted by Gasteiger charge is -2.35. The molecule has 0 radical (unpaired) electrons. The van der Waals surface area contributed by atoms with Gasteiger partial charge in [0.25, 0.3) is 0 Å². The Kier molecular flexibility index (Phi) is 4.14. The Morgan fingerprint density at radius 3 is 2.83 bits per heavy atom. The van der Waals surface area contributed by atoms with E-state index >= 15 is 0 Å². The molecule has 1 heterocycles. The van der Waals surface area contributed by atoms with Crippen LogP contribution in [0.25, 0.3) is 0 Å². The summed E-state index contributed by atoms with van der Waals surface area (Å²) in [7, 11) is 0. The standard InChI is InChI=1S/C13H13Cl2NO2/c14-10-4-1-3-9(11(10)15)12(17)13(7-16)5-2-6-18-8-13/h1,3-4,12,17H,2,5-6,8H2. The second-order valence-electron chi connectivity index (χ2n) is 4.47. The van der Waals surface area contributed by atoms with Gasteiger partial charge >= 0.3 is 0 Å². The Morgan fingerprint density at radius 1 is 1.44 bits per heavy atom. The van der Waals surface area contributed by atoms with Crippen molar-refractivity contribution in [3.05, 3.63) is 33.8 Å². The Bertz CT molecular complexity index is 478. The molecule has 1 aliphatic heterocycles. The highest BCUT2D eigenvalue weighted by atomic mass is 35.5. The largest absolute Gasteiger partial charge is 0.387 e. The molecule has 0 spiro atoms. The summed E-state index contributed by atoms with van der Waals surface area (Å²) in [4.78, 5) is 0. The SMILES string of the molecule is N#CC1(C(O)c2cccc(Cl)c2Cl)CCCOC1. The normalized spacial score (nSPS) is 25.4. The lowest BCUT2D eigenvalue weighted by atomic mass is 9.76. The fourth-order valence-electron chi connectivity index (χ4n) is 2.21. The number of hydrogen-bond acceptors (Lipinski definition) is 3. The third-order valence-electron chi connectivity index (χ3n) is 3.29. The number of aliphatic hydroxyl groups excluding tert-OH is 1. The van der Waals surface area contributed by atoms with E-state index in [4.69, 9.17) is 27.9 Å². The minimum absolute atomic E-state index is 0.216. The molecule has 0 bridgehead atoms. The summed E-state index contributed by atoms with van der Waals surface area (Å²) in [6, 6.07) is 7.23. The van der Waals surface area contributed by atoms with E-state index in [-0.39, 0.29) is 6.61 Å². The predicted octanol–water partition coefficient (Wildman–Crippen LogP) is 3.35. The molecule has 0 aromatic heterocycles. The van der Waals surface area contributed by atoms with Crippen LogP contribution in [0.1, 0.15) is 24.5 Å². The van der Waals surface area contributed by atoms with Crippen LogP contribution in [-0.4, -0.2) is 18.3 Å². The zero-order chi connectivity index (χ0) is 13.2. The summed E-state index contributed by atoms with van der Waals surface area (Å²) in [5.41, 5.74) is -0.455. The van der Waals surface area contributed by atoms with E-state index in [1.807, 2.05) is 0 Å². The molecule has 1 aliphatic rings. The van der Waals surface area contributed by atoms with Gasteiger partial charge in [0.15, 0.2) is 0 Å². The van der Waals surface area contributed by atoms with Crippen molar-refractivity contribution in [1.82, 2.24) is 0 Å². The first-order valence-corrected chi connectivity index (χ1v) is 6.47. The van der Waals surface area contributed by atoms with Crippen molar-refractivity contribution in [2.24, 2.45) is 5.41 Å². The first-order chi connectivity index (χ1) is 8.60. The molecule has 18 heavy (non-hydrogen) atoms. The van der Waals surface area contributed by atoms with Crippen molar-refractivity contribution >= 4 is 23.2 Å². The number of nitriles is 1. The third-order valence-corrected chi connectivity index (χ3v) is 4.13. The number of halogens is 2. The van der Waals surface area contributed by atoms with Crippen molar-refractivity contribution in [1.29, 1.82) is 5.26 Å². The zero-order valence-electron chi connectivity index (χ0n) is 9.70. The molecule has 0 saturated carbocycles. The minimum atomic E-state index is -0.992. The van der Waals surface area contributed by atoms with Crippen LogP contribution < -0.4 is 0 Å². The molecule has 1 saturated heterocycles. The van der Waals surface area contributed by atoms with E-state index in [2.05, 4.69) is 6.07 Å². The maximum absolute atomic E-state index is 10.5. The van der Waals surface area contributed by atoms with E-state index in [1.54, 1.807) is 18.2 Å². The fraction of sp³-hybridized carbons (Fsp3) is 0.462. The summed E-state index contributed by atoms with van der Waals surface area (Å²) < 4.78 is 5.33. The molecule has 2 atom stereocenters. The topological polar surface area (TPSA) is 53.2 Å². The third kappa shape index (κ3) is 2.34. The number of benzene rings is 1. The molecule has 0 amide bonds. The Morgan fingerprint density at radius 2 is 2.22 bits per heavy atom. The van der Waals surface area contributed by atoms with E-state index in [0.29, 0.717) is 28.6 Å². The van der Waals surface area contributed by atoms with Crippen LogP contribution in [0, 0.1) is 16.7 Å². The van der Waals surface area contributed by atoms with Gasteiger partial charge in [0.05, 0.1) is 22.7 Å². The number of aliphatic hydroxyl groups is 1. The number of ether oxygens (including phenoxy) is 1. The molecule has 3 nitrogen and oxygen atoms in total. The maximum Gasteiger partial charge on any atom is 0.111 e. The minimum Gasteiger partial charge on any atom is -0.387 e. The van der Waals surface area contributed by atoms with Gasteiger partial charge in [0.1, 0.15) is 11.5 Å². The van der Waals surface area contributed by atoms with Gasteiger partial charge in [-0.2, -0.15) is 5.26 Å². The van der Waals surface area contributed by atoms with Crippen LogP contribution in [0.2, 0.25) is 10.0 Å². The van der Waals surface area contributed by atoms with Gasteiger partial charge < -0.3 is 9.84 Å². The van der Waals surface area contributed by atoms with E-state index in [1.165, 1.54) is 0 Å². The molecule has 2 unspecified atom stereocenters. The quantitative estimate of drug-likeness (QED) is 0.907. The van der Waals surface area contributed by atoms with Gasteiger partial charge in [-0.3, -0.25) is 0 Å². The van der Waals surface area contributed by atoms with Gasteiger partial charge in [-0.05, 0) is 18.9 Å². The highest BCUT2D eigenvalue weighted by molar-refractivity contribution is 6.42.